The first-order valence-corrected chi connectivity index (χ1v) is 12.3. The molecule has 0 aromatic carbocycles. The van der Waals surface area contributed by atoms with Crippen molar-refractivity contribution in [3.05, 3.63) is 11.8 Å². The highest BCUT2D eigenvalue weighted by Gasteiger charge is 2.48. The van der Waals surface area contributed by atoms with Gasteiger partial charge in [-0.2, -0.15) is 8.62 Å². The minimum absolute atomic E-state index is 0.199. The van der Waals surface area contributed by atoms with Gasteiger partial charge in [0, 0.05) is 13.2 Å². The molecule has 2 aliphatic rings. The maximum Gasteiger partial charge on any atom is 0.490 e. The first-order valence-electron chi connectivity index (χ1n) is 7.74. The van der Waals surface area contributed by atoms with Crippen LogP contribution in [0, 0.1) is 0 Å². The molecule has 8 N–H and O–H groups in total. The molecule has 0 bridgehead atoms. The van der Waals surface area contributed by atoms with Crippen molar-refractivity contribution in [3.8, 4) is 0 Å². The van der Waals surface area contributed by atoms with Crippen LogP contribution >= 0.6 is 23.5 Å². The van der Waals surface area contributed by atoms with Crippen molar-refractivity contribution in [3.63, 3.8) is 0 Å². The van der Waals surface area contributed by atoms with Crippen LogP contribution in [0.4, 0.5) is 0 Å². The molecule has 2 heterocycles. The zero-order chi connectivity index (χ0) is 23.1. The summed E-state index contributed by atoms with van der Waals surface area (Å²) in [5.74, 6) is -0.828. The van der Waals surface area contributed by atoms with E-state index in [1.54, 1.807) is 0 Å². The number of carbonyl (C=O) groups is 1. The molecule has 2 rings (SSSR count). The number of aliphatic hydroxyl groups is 3. The summed E-state index contributed by atoms with van der Waals surface area (Å²) in [4.78, 5) is 48.5. The highest BCUT2D eigenvalue weighted by atomic mass is 31.3. The SMILES string of the molecule is CN1C=C([C@@H]2O[C@H](COP(=O)(O)OP(=O)(O)OP(=O)(O)O)C(O)[C@@H]2O)C(=O)NC1O. The summed E-state index contributed by atoms with van der Waals surface area (Å²) in [5.41, 5.74) is -0.199. The Hall–Kier alpha value is -0.740. The maximum atomic E-state index is 12.0. The molecule has 17 nitrogen and oxygen atoms in total. The third-order valence-electron chi connectivity index (χ3n) is 3.74. The van der Waals surface area contributed by atoms with E-state index in [9.17, 15) is 38.7 Å². The number of hydrogen-bond acceptors (Lipinski definition) is 12. The molecule has 0 spiro atoms. The number of hydrogen-bond donors (Lipinski definition) is 8. The van der Waals surface area contributed by atoms with Gasteiger partial charge in [0.25, 0.3) is 5.91 Å². The van der Waals surface area contributed by atoms with Crippen LogP contribution < -0.4 is 5.32 Å². The zero-order valence-corrected chi connectivity index (χ0v) is 17.5. The van der Waals surface area contributed by atoms with Gasteiger partial charge in [-0.15, -0.1) is 0 Å². The van der Waals surface area contributed by atoms with Gasteiger partial charge in [0.05, 0.1) is 12.2 Å². The second-order valence-electron chi connectivity index (χ2n) is 6.06. The lowest BCUT2D eigenvalue weighted by Gasteiger charge is -2.31. The molecule has 1 fully saturated rings. The Morgan fingerprint density at radius 2 is 1.67 bits per heavy atom. The Morgan fingerprint density at radius 1 is 1.07 bits per heavy atom. The fourth-order valence-corrected chi connectivity index (χ4v) is 5.50. The van der Waals surface area contributed by atoms with Crippen molar-refractivity contribution in [2.24, 2.45) is 0 Å². The topological polar surface area (TPSA) is 262 Å². The third kappa shape index (κ3) is 6.63. The second-order valence-corrected chi connectivity index (χ2v) is 10.5. The van der Waals surface area contributed by atoms with Crippen molar-refractivity contribution in [2.75, 3.05) is 13.7 Å². The minimum atomic E-state index is -5.72. The van der Waals surface area contributed by atoms with Crippen LogP contribution in [0.25, 0.3) is 0 Å². The lowest BCUT2D eigenvalue weighted by Crippen LogP contribution is -2.51. The molecule has 7 atom stereocenters. The van der Waals surface area contributed by atoms with E-state index in [1.165, 1.54) is 7.05 Å². The fourth-order valence-electron chi connectivity index (χ4n) is 2.47. The average Bonchev–Trinajstić information content (AvgIpc) is 2.81. The molecular formula is C10H19N2O15P3. The summed E-state index contributed by atoms with van der Waals surface area (Å²) in [5, 5.41) is 31.8. The van der Waals surface area contributed by atoms with Crippen molar-refractivity contribution in [1.29, 1.82) is 0 Å². The predicted octanol–water partition coefficient (Wildman–Crippen LogP) is -2.96. The van der Waals surface area contributed by atoms with Gasteiger partial charge in [0.2, 0.25) is 6.35 Å². The Labute approximate surface area is 167 Å². The maximum absolute atomic E-state index is 12.0. The van der Waals surface area contributed by atoms with E-state index >= 15 is 0 Å². The number of nitrogens with one attached hydrogen (secondary N) is 1. The van der Waals surface area contributed by atoms with Crippen LogP contribution in [0.2, 0.25) is 0 Å². The van der Waals surface area contributed by atoms with E-state index in [1.807, 2.05) is 0 Å². The molecule has 0 radical (unpaired) electrons. The van der Waals surface area contributed by atoms with Gasteiger partial charge in [-0.3, -0.25) is 9.32 Å². The molecular weight excluding hydrogens is 481 g/mol. The second kappa shape index (κ2) is 9.02. The van der Waals surface area contributed by atoms with Crippen LogP contribution in [0.5, 0.6) is 0 Å². The summed E-state index contributed by atoms with van der Waals surface area (Å²) < 4.78 is 50.2. The summed E-state index contributed by atoms with van der Waals surface area (Å²) in [6.45, 7) is -1.02. The van der Waals surface area contributed by atoms with Crippen LogP contribution in [0.15, 0.2) is 11.8 Å². The highest BCUT2D eigenvalue weighted by Crippen LogP contribution is 2.66. The average molecular weight is 500 g/mol. The number of ether oxygens (including phenoxy) is 1. The molecule has 1 amide bonds. The number of nitrogens with zero attached hydrogens (tertiary/aromatic N) is 1. The van der Waals surface area contributed by atoms with Gasteiger partial charge in [0.1, 0.15) is 24.4 Å². The number of amides is 1. The van der Waals surface area contributed by atoms with E-state index < -0.39 is 66.7 Å². The minimum Gasteiger partial charge on any atom is -0.387 e. The number of phosphoric ester groups is 1. The number of rotatable bonds is 8. The third-order valence-corrected chi connectivity index (χ3v) is 7.54. The van der Waals surface area contributed by atoms with E-state index in [0.29, 0.717) is 0 Å². The number of carbonyl (C=O) groups excluding carboxylic acids is 1. The van der Waals surface area contributed by atoms with E-state index in [4.69, 9.17) is 19.4 Å². The zero-order valence-electron chi connectivity index (χ0n) is 14.9. The van der Waals surface area contributed by atoms with Gasteiger partial charge >= 0.3 is 23.5 Å². The molecule has 0 aromatic heterocycles. The van der Waals surface area contributed by atoms with E-state index in [2.05, 4.69) is 18.5 Å². The molecule has 4 unspecified atom stereocenters. The molecule has 0 aromatic rings. The van der Waals surface area contributed by atoms with Crippen molar-refractivity contribution in [1.82, 2.24) is 10.2 Å². The van der Waals surface area contributed by atoms with Gasteiger partial charge in [-0.1, -0.05) is 0 Å². The fraction of sp³-hybridized carbons (Fsp3) is 0.700. The first-order chi connectivity index (χ1) is 13.5. The monoisotopic (exact) mass is 500 g/mol. The molecule has 1 saturated heterocycles. The largest absolute Gasteiger partial charge is 0.490 e. The smallest absolute Gasteiger partial charge is 0.387 e. The van der Waals surface area contributed by atoms with Gasteiger partial charge in [-0.25, -0.2) is 13.7 Å². The predicted molar refractivity (Wildman–Crippen MR) is 90.5 cm³/mol. The van der Waals surface area contributed by atoms with Crippen LogP contribution in [0.1, 0.15) is 0 Å². The Balaban J connectivity index is 2.03. The van der Waals surface area contributed by atoms with Gasteiger partial charge < -0.3 is 49.8 Å². The lowest BCUT2D eigenvalue weighted by molar-refractivity contribution is -0.127. The highest BCUT2D eigenvalue weighted by molar-refractivity contribution is 7.66. The Morgan fingerprint density at radius 3 is 2.23 bits per heavy atom. The molecule has 20 heteroatoms. The quantitative estimate of drug-likeness (QED) is 0.155. The molecule has 2 aliphatic heterocycles. The Bertz CT molecular complexity index is 843. The van der Waals surface area contributed by atoms with Crippen LogP contribution in [0.3, 0.4) is 0 Å². The summed E-state index contributed by atoms with van der Waals surface area (Å²) in [7, 11) is -15.4. The van der Waals surface area contributed by atoms with Crippen LogP contribution in [-0.4, -0.2) is 90.1 Å². The molecule has 174 valence electrons. The number of phosphoric acid groups is 3. The summed E-state index contributed by atoms with van der Waals surface area (Å²) in [6.07, 6.45) is -6.65. The molecule has 0 aliphatic carbocycles. The summed E-state index contributed by atoms with van der Waals surface area (Å²) in [6, 6.07) is 0. The van der Waals surface area contributed by atoms with E-state index in [-0.39, 0.29) is 5.57 Å². The van der Waals surface area contributed by atoms with Crippen LogP contribution in [-0.2, 0) is 36.4 Å². The van der Waals surface area contributed by atoms with Gasteiger partial charge in [-0.05, 0) is 0 Å². The normalized spacial score (nSPS) is 34.1. The number of aliphatic hydroxyl groups excluding tert-OH is 3. The Kier molecular flexibility index (Phi) is 7.67. The lowest BCUT2D eigenvalue weighted by atomic mass is 10.0. The first kappa shape index (κ1) is 25.5. The van der Waals surface area contributed by atoms with E-state index in [0.717, 1.165) is 11.1 Å². The standard InChI is InChI=1S/C10H19N2O15P3/c1-12-2-4(9(15)11-10(12)16)8-7(14)6(13)5(25-8)3-24-29(20,21)27-30(22,23)26-28(17,18)19/h2,5-8,10,13-14,16H,3H2,1H3,(H,11,15)(H,20,21)(H,22,23)(H2,17,18,19)/t5-,6?,7+,8+,10?/m1/s1. The van der Waals surface area contributed by atoms with Gasteiger partial charge in [0.15, 0.2) is 0 Å². The molecule has 0 saturated carbocycles. The van der Waals surface area contributed by atoms with Crippen molar-refractivity contribution < 1.29 is 71.3 Å². The molecule has 30 heavy (non-hydrogen) atoms. The van der Waals surface area contributed by atoms with Crippen molar-refractivity contribution in [2.45, 2.75) is 30.8 Å². The summed E-state index contributed by atoms with van der Waals surface area (Å²) >= 11 is 0. The van der Waals surface area contributed by atoms with Crippen molar-refractivity contribution >= 4 is 29.4 Å².